The van der Waals surface area contributed by atoms with Crippen LogP contribution in [-0.4, -0.2) is 52.7 Å². The second kappa shape index (κ2) is 5.78. The predicted molar refractivity (Wildman–Crippen MR) is 94.7 cm³/mol. The van der Waals surface area contributed by atoms with Gasteiger partial charge < -0.3 is 15.4 Å². The zero-order chi connectivity index (χ0) is 18.6. The fourth-order valence-electron chi connectivity index (χ4n) is 3.15. The number of nitrogen functional groups attached to an aromatic ring is 1. The van der Waals surface area contributed by atoms with Crippen molar-refractivity contribution in [2.24, 2.45) is 0 Å². The molecular formula is C15H18N3O5PS. The van der Waals surface area contributed by atoms with Gasteiger partial charge in [0.25, 0.3) is 5.91 Å². The Balaban J connectivity index is 2.04. The number of carbonyl (C=O) groups is 2. The van der Waals surface area contributed by atoms with Crippen LogP contribution in [0.2, 0.25) is 0 Å². The average Bonchev–Trinajstić information content (AvgIpc) is 2.68. The molecule has 8 nitrogen and oxygen atoms in total. The van der Waals surface area contributed by atoms with Gasteiger partial charge in [-0.15, -0.1) is 0 Å². The van der Waals surface area contributed by atoms with Crippen LogP contribution in [0.25, 0.3) is 6.08 Å². The highest BCUT2D eigenvalue weighted by Gasteiger charge is 2.70. The predicted octanol–water partition coefficient (Wildman–Crippen LogP) is 0.167. The van der Waals surface area contributed by atoms with Gasteiger partial charge in [-0.3, -0.25) is 9.78 Å². The molecule has 1 aromatic rings. The maximum absolute atomic E-state index is 12.9. The first kappa shape index (κ1) is 17.8. The SMILES string of the molecule is CC1(C)[C@H](C(=O)OCP)N2C(=O)C(=Cc3ccc(N)cn3)[C@H]2S1(=O)=O. The average molecular weight is 383 g/mol. The van der Waals surface area contributed by atoms with Gasteiger partial charge in [0.05, 0.1) is 23.2 Å². The lowest BCUT2D eigenvalue weighted by molar-refractivity contribution is -0.155. The normalized spacial score (nSPS) is 27.7. The molecule has 3 atom stereocenters. The summed E-state index contributed by atoms with van der Waals surface area (Å²) < 4.78 is 29.3. The van der Waals surface area contributed by atoms with Crippen molar-refractivity contribution in [3.63, 3.8) is 0 Å². The van der Waals surface area contributed by atoms with E-state index in [9.17, 15) is 18.0 Å². The van der Waals surface area contributed by atoms with Gasteiger partial charge in [-0.2, -0.15) is 0 Å². The topological polar surface area (TPSA) is 120 Å². The van der Waals surface area contributed by atoms with Gasteiger partial charge in [0.2, 0.25) is 0 Å². The molecule has 3 heterocycles. The van der Waals surface area contributed by atoms with Crippen LogP contribution in [0.4, 0.5) is 5.69 Å². The summed E-state index contributed by atoms with van der Waals surface area (Å²) in [6.07, 6.45) is 2.86. The van der Waals surface area contributed by atoms with E-state index in [2.05, 4.69) is 14.2 Å². The Morgan fingerprint density at radius 3 is 2.72 bits per heavy atom. The molecule has 2 aliphatic rings. The zero-order valence-electron chi connectivity index (χ0n) is 13.7. The monoisotopic (exact) mass is 383 g/mol. The van der Waals surface area contributed by atoms with Crippen molar-refractivity contribution in [2.45, 2.75) is 30.0 Å². The number of fused-ring (bicyclic) bond motifs is 1. The van der Waals surface area contributed by atoms with Crippen molar-refractivity contribution in [2.75, 3.05) is 12.1 Å². The Labute approximate surface area is 147 Å². The highest BCUT2D eigenvalue weighted by Crippen LogP contribution is 2.49. The summed E-state index contributed by atoms with van der Waals surface area (Å²) >= 11 is 0. The molecule has 1 aromatic heterocycles. The van der Waals surface area contributed by atoms with Gasteiger partial charge >= 0.3 is 5.97 Å². The van der Waals surface area contributed by atoms with E-state index < -0.39 is 37.9 Å². The maximum atomic E-state index is 12.9. The summed E-state index contributed by atoms with van der Waals surface area (Å²) in [5.41, 5.74) is 6.53. The number of sulfone groups is 1. The minimum atomic E-state index is -3.81. The lowest BCUT2D eigenvalue weighted by Gasteiger charge is -2.38. The molecule has 0 bridgehead atoms. The molecule has 2 aliphatic heterocycles. The van der Waals surface area contributed by atoms with Crippen LogP contribution in [0, 0.1) is 0 Å². The smallest absolute Gasteiger partial charge is 0.330 e. The van der Waals surface area contributed by atoms with E-state index in [1.807, 2.05) is 0 Å². The summed E-state index contributed by atoms with van der Waals surface area (Å²) in [5, 5.41) is -1.17. The Morgan fingerprint density at radius 1 is 1.48 bits per heavy atom. The third kappa shape index (κ3) is 2.45. The Bertz CT molecular complexity index is 879. The quantitative estimate of drug-likeness (QED) is 0.342. The molecule has 3 rings (SSSR count). The number of nitrogens with zero attached hydrogens (tertiary/aromatic N) is 2. The van der Waals surface area contributed by atoms with E-state index in [4.69, 9.17) is 10.5 Å². The van der Waals surface area contributed by atoms with Crippen LogP contribution in [0.15, 0.2) is 23.9 Å². The lowest BCUT2D eigenvalue weighted by Crippen LogP contribution is -2.59. The number of β-lactam (4-membered cyclic amide) rings is 1. The molecule has 0 radical (unpaired) electrons. The Kier molecular flexibility index (Phi) is 4.12. The molecule has 1 amide bonds. The minimum Gasteiger partial charge on any atom is -0.460 e. The fourth-order valence-corrected chi connectivity index (χ4v) is 5.43. The molecule has 2 fully saturated rings. The number of esters is 1. The Hall–Kier alpha value is -1.99. The zero-order valence-corrected chi connectivity index (χ0v) is 15.6. The number of amides is 1. The van der Waals surface area contributed by atoms with Crippen LogP contribution in [0.3, 0.4) is 0 Å². The number of carbonyl (C=O) groups excluding carboxylic acids is 2. The fraction of sp³-hybridized carbons (Fsp3) is 0.400. The van der Waals surface area contributed by atoms with E-state index in [0.717, 1.165) is 4.90 Å². The highest BCUT2D eigenvalue weighted by atomic mass is 32.2. The second-order valence-corrected chi connectivity index (χ2v) is 9.28. The number of anilines is 1. The van der Waals surface area contributed by atoms with Crippen molar-refractivity contribution in [1.29, 1.82) is 0 Å². The standard InChI is InChI=1S/C15H18N3O5PS/c1-15(2)11(14(20)23-7-24)18-12(19)10(13(18)25(15,21)22)5-9-4-3-8(16)6-17-9/h3-6,11,13H,7,16,24H2,1-2H3/t11-,13+/m0/s1. The van der Waals surface area contributed by atoms with Crippen molar-refractivity contribution in [1.82, 2.24) is 9.88 Å². The molecular weight excluding hydrogens is 365 g/mol. The third-order valence-corrected chi connectivity index (χ3v) is 7.45. The van der Waals surface area contributed by atoms with E-state index >= 15 is 0 Å². The van der Waals surface area contributed by atoms with E-state index in [1.54, 1.807) is 12.1 Å². The number of hydrogen-bond donors (Lipinski definition) is 1. The number of nitrogens with two attached hydrogens (primary N) is 1. The summed E-state index contributed by atoms with van der Waals surface area (Å²) in [5.74, 6) is -1.24. The molecule has 0 spiro atoms. The first-order chi connectivity index (χ1) is 11.6. The second-order valence-electron chi connectivity index (χ2n) is 6.36. The summed E-state index contributed by atoms with van der Waals surface area (Å²) in [6.45, 7) is 2.86. The molecule has 25 heavy (non-hydrogen) atoms. The molecule has 134 valence electrons. The lowest BCUT2D eigenvalue weighted by atomic mass is 9.95. The summed E-state index contributed by atoms with van der Waals surface area (Å²) in [7, 11) is -1.59. The first-order valence-corrected chi connectivity index (χ1v) is 9.85. The van der Waals surface area contributed by atoms with Crippen molar-refractivity contribution in [3.8, 4) is 0 Å². The molecule has 0 aromatic carbocycles. The molecule has 0 aliphatic carbocycles. The molecule has 2 saturated heterocycles. The minimum absolute atomic E-state index is 0.0240. The van der Waals surface area contributed by atoms with Crippen LogP contribution in [-0.2, 0) is 24.2 Å². The van der Waals surface area contributed by atoms with Gasteiger partial charge in [0, 0.05) is 0 Å². The molecule has 1 unspecified atom stereocenters. The van der Waals surface area contributed by atoms with Crippen molar-refractivity contribution in [3.05, 3.63) is 29.6 Å². The summed E-state index contributed by atoms with van der Waals surface area (Å²) in [4.78, 5) is 29.9. The van der Waals surface area contributed by atoms with Crippen molar-refractivity contribution < 1.29 is 22.7 Å². The molecule has 10 heteroatoms. The number of aromatic nitrogens is 1. The number of ether oxygens (including phenoxy) is 1. The van der Waals surface area contributed by atoms with Gasteiger partial charge in [0.1, 0.15) is 11.1 Å². The number of rotatable bonds is 3. The van der Waals surface area contributed by atoms with Gasteiger partial charge in [-0.1, -0.05) is 9.24 Å². The third-order valence-electron chi connectivity index (χ3n) is 4.53. The van der Waals surface area contributed by atoms with Crippen molar-refractivity contribution >= 4 is 42.7 Å². The van der Waals surface area contributed by atoms with Crippen LogP contribution in [0.5, 0.6) is 0 Å². The van der Waals surface area contributed by atoms with Crippen LogP contribution >= 0.6 is 9.24 Å². The number of pyridine rings is 1. The van der Waals surface area contributed by atoms with Gasteiger partial charge in [-0.05, 0) is 32.1 Å². The van der Waals surface area contributed by atoms with E-state index in [-0.39, 0.29) is 11.9 Å². The van der Waals surface area contributed by atoms with Crippen LogP contribution in [0.1, 0.15) is 19.5 Å². The van der Waals surface area contributed by atoms with E-state index in [0.29, 0.717) is 11.4 Å². The first-order valence-electron chi connectivity index (χ1n) is 7.49. The maximum Gasteiger partial charge on any atom is 0.330 e. The Morgan fingerprint density at radius 2 is 2.16 bits per heavy atom. The van der Waals surface area contributed by atoms with Crippen LogP contribution < -0.4 is 5.73 Å². The largest absolute Gasteiger partial charge is 0.460 e. The molecule has 0 saturated carbocycles. The van der Waals surface area contributed by atoms with Gasteiger partial charge in [-0.25, -0.2) is 13.2 Å². The number of hydrogen-bond acceptors (Lipinski definition) is 7. The summed E-state index contributed by atoms with van der Waals surface area (Å²) in [6, 6.07) is 2.02. The highest BCUT2D eigenvalue weighted by molar-refractivity contribution is 7.94. The van der Waals surface area contributed by atoms with Gasteiger partial charge in [0.15, 0.2) is 21.3 Å². The van der Waals surface area contributed by atoms with E-state index in [1.165, 1.54) is 26.1 Å². The molecule has 2 N–H and O–H groups in total.